The Morgan fingerprint density at radius 1 is 0.523 bits per heavy atom. The summed E-state index contributed by atoms with van der Waals surface area (Å²) in [5.74, 6) is 0. The topological polar surface area (TPSA) is 16.8 Å². The minimum atomic E-state index is 0. The molecule has 2 aromatic heterocycles. The average Bonchev–Trinajstić information content (AvgIpc) is 3.05. The van der Waals surface area contributed by atoms with Gasteiger partial charge in [0.15, 0.2) is 11.9 Å². The fourth-order valence-electron chi connectivity index (χ4n) is 5.00. The Balaban J connectivity index is 0.000000366. The van der Waals surface area contributed by atoms with E-state index in [1.165, 1.54) is 107 Å². The third kappa shape index (κ3) is 21.4. The third-order valence-corrected chi connectivity index (χ3v) is 8.19. The van der Waals surface area contributed by atoms with Gasteiger partial charge >= 0.3 is 0 Å². The molecule has 44 heavy (non-hydrogen) atoms. The van der Waals surface area contributed by atoms with Gasteiger partial charge in [-0.05, 0) is 68.7 Å². The van der Waals surface area contributed by atoms with E-state index in [0.29, 0.717) is 0 Å². The lowest BCUT2D eigenvalue weighted by Crippen LogP contribution is -3.00. The number of rotatable bonds is 17. The summed E-state index contributed by atoms with van der Waals surface area (Å²) in [5.41, 5.74) is 5.40. The van der Waals surface area contributed by atoms with Crippen molar-refractivity contribution in [2.24, 2.45) is 0 Å². The summed E-state index contributed by atoms with van der Waals surface area (Å²) in [5, 5.41) is 1.16. The number of alkyl halides is 1. The van der Waals surface area contributed by atoms with Crippen molar-refractivity contribution >= 4 is 15.9 Å². The molecule has 2 nitrogen and oxygen atoms in total. The first-order valence-electron chi connectivity index (χ1n) is 16.7. The summed E-state index contributed by atoms with van der Waals surface area (Å²) in [6.45, 7) is 5.32. The molecule has 0 saturated carbocycles. The van der Waals surface area contributed by atoms with Gasteiger partial charge in [-0.15, -0.1) is 0 Å². The second kappa shape index (κ2) is 28.2. The number of hydrogen-bond acceptors (Lipinski definition) is 1. The number of aromatic nitrogens is 2. The molecule has 0 spiro atoms. The van der Waals surface area contributed by atoms with E-state index in [1.807, 2.05) is 25.1 Å². The van der Waals surface area contributed by atoms with Crippen LogP contribution in [0.2, 0.25) is 0 Å². The van der Waals surface area contributed by atoms with Gasteiger partial charge in [0, 0.05) is 42.7 Å². The summed E-state index contributed by atoms with van der Waals surface area (Å²) < 4.78 is 2.36. The Morgan fingerprint density at radius 3 is 1.45 bits per heavy atom. The molecule has 0 aliphatic heterocycles. The molecule has 2 heterocycles. The predicted molar refractivity (Wildman–Crippen MR) is 190 cm³/mol. The standard InChI is InChI=1S/C20H28N.C14H21Br.C6H7N.BrH/c1-19-13-10-12-18-21(19)17-11-5-3-2-4-7-14-20-15-8-6-9-16-20;15-13-9-4-2-1-3-6-10-14-11-7-5-8-12-14;1-6-4-2-3-5-7-6;/h6,8-10,12-13,15-16,18H,2-5,7,11,14,17H2,1H3;5,7-8,11-12H,1-4,6,9-10,13H2;2-5H,1H3;1H/q+1;;;/p-1. The van der Waals surface area contributed by atoms with Crippen molar-refractivity contribution in [2.45, 2.75) is 110 Å². The molecule has 4 aromatic rings. The maximum absolute atomic E-state index is 3.98. The molecular weight excluding hydrogens is 668 g/mol. The lowest BCUT2D eigenvalue weighted by Gasteiger charge is -2.03. The van der Waals surface area contributed by atoms with Crippen LogP contribution in [0.15, 0.2) is 109 Å². The maximum Gasteiger partial charge on any atom is 0.178 e. The Hall–Kier alpha value is -2.30. The van der Waals surface area contributed by atoms with Crippen LogP contribution in [-0.2, 0) is 19.4 Å². The van der Waals surface area contributed by atoms with Crippen LogP contribution in [0, 0.1) is 13.8 Å². The lowest BCUT2D eigenvalue weighted by molar-refractivity contribution is -0.703. The number of benzene rings is 2. The molecule has 0 aliphatic rings. The Morgan fingerprint density at radius 2 is 1.00 bits per heavy atom. The van der Waals surface area contributed by atoms with Gasteiger partial charge in [0.1, 0.15) is 6.54 Å². The van der Waals surface area contributed by atoms with Crippen LogP contribution >= 0.6 is 15.9 Å². The molecule has 240 valence electrons. The minimum absolute atomic E-state index is 0. The van der Waals surface area contributed by atoms with Crippen LogP contribution in [0.3, 0.4) is 0 Å². The highest BCUT2D eigenvalue weighted by Gasteiger charge is 2.03. The summed E-state index contributed by atoms with van der Waals surface area (Å²) in [6.07, 6.45) is 22.8. The summed E-state index contributed by atoms with van der Waals surface area (Å²) >= 11 is 3.46. The van der Waals surface area contributed by atoms with Crippen molar-refractivity contribution in [3.63, 3.8) is 0 Å². The monoisotopic (exact) mass is 722 g/mol. The molecule has 2 aromatic carbocycles. The molecule has 0 bridgehead atoms. The van der Waals surface area contributed by atoms with Crippen molar-refractivity contribution in [3.8, 4) is 0 Å². The van der Waals surface area contributed by atoms with E-state index in [4.69, 9.17) is 0 Å². The molecule has 0 saturated heterocycles. The van der Waals surface area contributed by atoms with Gasteiger partial charge in [-0.25, -0.2) is 4.57 Å². The van der Waals surface area contributed by atoms with Gasteiger partial charge in [-0.3, -0.25) is 4.98 Å². The molecule has 0 aliphatic carbocycles. The largest absolute Gasteiger partial charge is 1.00 e. The van der Waals surface area contributed by atoms with Crippen LogP contribution in [0.4, 0.5) is 0 Å². The SMILES string of the molecule is BrCCCCCCCCc1ccccc1.Cc1cccc[n+]1CCCCCCCCc1ccccc1.Cc1ccccn1.[Br-]. The van der Waals surface area contributed by atoms with Crippen LogP contribution in [-0.4, -0.2) is 10.3 Å². The molecule has 0 unspecified atom stereocenters. The molecule has 0 fully saturated rings. The zero-order valence-corrected chi connectivity index (χ0v) is 30.5. The van der Waals surface area contributed by atoms with Crippen LogP contribution in [0.25, 0.3) is 0 Å². The zero-order chi connectivity index (χ0) is 30.6. The van der Waals surface area contributed by atoms with Crippen LogP contribution < -0.4 is 21.5 Å². The number of aryl methyl sites for hydroxylation is 5. The van der Waals surface area contributed by atoms with E-state index in [2.05, 4.69) is 117 Å². The van der Waals surface area contributed by atoms with Gasteiger partial charge in [0.05, 0.1) is 0 Å². The quantitative estimate of drug-likeness (QED) is 0.0610. The number of nitrogens with zero attached hydrogens (tertiary/aromatic N) is 2. The van der Waals surface area contributed by atoms with Gasteiger partial charge in [-0.1, -0.05) is 134 Å². The van der Waals surface area contributed by atoms with Crippen molar-refractivity contribution in [2.75, 3.05) is 5.33 Å². The highest BCUT2D eigenvalue weighted by atomic mass is 79.9. The maximum atomic E-state index is 3.98. The van der Waals surface area contributed by atoms with Gasteiger partial charge < -0.3 is 17.0 Å². The normalized spacial score (nSPS) is 10.1. The fraction of sp³-hybridized carbons (Fsp3) is 0.450. The molecule has 0 atom stereocenters. The molecule has 0 radical (unpaired) electrons. The summed E-state index contributed by atoms with van der Waals surface area (Å²) in [4.78, 5) is 3.98. The van der Waals surface area contributed by atoms with E-state index in [-0.39, 0.29) is 17.0 Å². The minimum Gasteiger partial charge on any atom is -1.00 e. The predicted octanol–water partition coefficient (Wildman–Crippen LogP) is 8.22. The summed E-state index contributed by atoms with van der Waals surface area (Å²) in [7, 11) is 0. The van der Waals surface area contributed by atoms with Crippen molar-refractivity contribution in [1.29, 1.82) is 0 Å². The van der Waals surface area contributed by atoms with Crippen molar-refractivity contribution < 1.29 is 21.5 Å². The van der Waals surface area contributed by atoms with Crippen molar-refractivity contribution in [3.05, 3.63) is 132 Å². The number of pyridine rings is 2. The van der Waals surface area contributed by atoms with Gasteiger partial charge in [-0.2, -0.15) is 0 Å². The van der Waals surface area contributed by atoms with E-state index in [9.17, 15) is 0 Å². The smallest absolute Gasteiger partial charge is 0.178 e. The zero-order valence-electron chi connectivity index (χ0n) is 27.4. The molecular formula is C40H56Br2N2. The van der Waals surface area contributed by atoms with E-state index >= 15 is 0 Å². The molecule has 4 heteroatoms. The number of halogens is 2. The Bertz CT molecular complexity index is 1150. The second-order valence-corrected chi connectivity index (χ2v) is 12.2. The average molecular weight is 725 g/mol. The number of unbranched alkanes of at least 4 members (excludes halogenated alkanes) is 10. The first kappa shape index (κ1) is 39.7. The number of hydrogen-bond donors (Lipinski definition) is 0. The second-order valence-electron chi connectivity index (χ2n) is 11.4. The van der Waals surface area contributed by atoms with E-state index < -0.39 is 0 Å². The summed E-state index contributed by atoms with van der Waals surface area (Å²) in [6, 6.07) is 33.9. The molecule has 0 N–H and O–H groups in total. The van der Waals surface area contributed by atoms with Crippen LogP contribution in [0.5, 0.6) is 0 Å². The molecule has 0 amide bonds. The third-order valence-electron chi connectivity index (χ3n) is 7.63. The lowest BCUT2D eigenvalue weighted by atomic mass is 10.0. The Kier molecular flexibility index (Phi) is 25.5. The van der Waals surface area contributed by atoms with E-state index in [1.54, 1.807) is 6.20 Å². The van der Waals surface area contributed by atoms with Gasteiger partial charge in [0.25, 0.3) is 0 Å². The van der Waals surface area contributed by atoms with Gasteiger partial charge in [0.2, 0.25) is 0 Å². The van der Waals surface area contributed by atoms with Crippen LogP contribution in [0.1, 0.15) is 99.6 Å². The first-order valence-corrected chi connectivity index (χ1v) is 17.8. The Labute approximate surface area is 288 Å². The molecule has 4 rings (SSSR count). The highest BCUT2D eigenvalue weighted by Crippen LogP contribution is 2.11. The fourth-order valence-corrected chi connectivity index (χ4v) is 5.40. The highest BCUT2D eigenvalue weighted by molar-refractivity contribution is 9.09. The van der Waals surface area contributed by atoms with E-state index in [0.717, 1.165) is 17.6 Å². The first-order chi connectivity index (χ1) is 21.2. The van der Waals surface area contributed by atoms with Crippen molar-refractivity contribution in [1.82, 2.24) is 4.98 Å².